The van der Waals surface area contributed by atoms with E-state index in [1.54, 1.807) is 6.92 Å². The molecule has 0 saturated heterocycles. The van der Waals surface area contributed by atoms with Gasteiger partial charge in [0.2, 0.25) is 0 Å². The quantitative estimate of drug-likeness (QED) is 0.245. The summed E-state index contributed by atoms with van der Waals surface area (Å²) in [6, 6.07) is 2.31. The number of rotatable bonds is 6. The average Bonchev–Trinajstić information content (AvgIpc) is 2.52. The maximum absolute atomic E-state index is 11.6. The molecule has 12 heteroatoms. The van der Waals surface area contributed by atoms with Crippen LogP contribution in [-0.2, 0) is 11.1 Å². The van der Waals surface area contributed by atoms with Gasteiger partial charge in [-0.15, -0.1) is 0 Å². The van der Waals surface area contributed by atoms with Crippen LogP contribution < -0.4 is 11.1 Å². The summed E-state index contributed by atoms with van der Waals surface area (Å²) in [5.74, 6) is -1.12. The van der Waals surface area contributed by atoms with Gasteiger partial charge >= 0.3 is 18.7 Å². The van der Waals surface area contributed by atoms with E-state index in [9.17, 15) is 34.1 Å². The molecular weight excluding hydrogens is 355 g/mol. The number of hydrogen-bond donors (Lipinski definition) is 4. The van der Waals surface area contributed by atoms with E-state index in [0.717, 1.165) is 6.07 Å². The molecule has 1 atom stereocenters. The summed E-state index contributed by atoms with van der Waals surface area (Å²) in [5, 5.41) is 11.1. The van der Waals surface area contributed by atoms with Crippen molar-refractivity contribution in [1.29, 1.82) is 0 Å². The number of nitrogens with one attached hydrogen (secondary N) is 2. The molecule has 2 rings (SSSR count). The normalized spacial score (nSPS) is 13.3. The third-order valence-corrected chi connectivity index (χ3v) is 5.20. The molecule has 2 aromatic rings. The first kappa shape index (κ1) is 19.0. The molecule has 1 aromatic heterocycles. The summed E-state index contributed by atoms with van der Waals surface area (Å²) in [7, 11) is -4.41. The molecule has 0 saturated carbocycles. The lowest BCUT2D eigenvalue weighted by atomic mass is 10.1. The number of non-ortho nitro benzene ring substituents is 1. The van der Waals surface area contributed by atoms with Crippen molar-refractivity contribution in [3.63, 3.8) is 0 Å². The van der Waals surface area contributed by atoms with Gasteiger partial charge in [0.15, 0.2) is 0 Å². The zero-order valence-electron chi connectivity index (χ0n) is 13.4. The number of aromatic amines is 2. The Balaban J connectivity index is 2.64. The van der Waals surface area contributed by atoms with Gasteiger partial charge in [0.05, 0.1) is 16.0 Å². The maximum atomic E-state index is 11.6. The van der Waals surface area contributed by atoms with Crippen molar-refractivity contribution in [1.82, 2.24) is 14.9 Å². The Bertz CT molecular complexity index is 976. The van der Waals surface area contributed by atoms with E-state index in [1.165, 1.54) is 17.9 Å². The van der Waals surface area contributed by atoms with E-state index < -0.39 is 29.4 Å². The second kappa shape index (κ2) is 6.89. The van der Waals surface area contributed by atoms with Crippen LogP contribution in [0.4, 0.5) is 5.69 Å². The molecule has 136 valence electrons. The first-order valence-electron chi connectivity index (χ1n) is 7.27. The highest BCUT2D eigenvalue weighted by Crippen LogP contribution is 2.43. The van der Waals surface area contributed by atoms with Crippen LogP contribution in [0.1, 0.15) is 19.4 Å². The van der Waals surface area contributed by atoms with Gasteiger partial charge in [0.1, 0.15) is 5.78 Å². The van der Waals surface area contributed by atoms with Crippen LogP contribution in [0.25, 0.3) is 11.0 Å². The monoisotopic (exact) mass is 372 g/mol. The van der Waals surface area contributed by atoms with Gasteiger partial charge in [-0.05, 0) is 19.0 Å². The number of hydrogen-bond acceptors (Lipinski definition) is 6. The van der Waals surface area contributed by atoms with Crippen LogP contribution in [0, 0.1) is 10.1 Å². The lowest BCUT2D eigenvalue weighted by Crippen LogP contribution is -2.33. The van der Waals surface area contributed by atoms with Crippen LogP contribution in [0.2, 0.25) is 0 Å². The number of aromatic nitrogens is 2. The van der Waals surface area contributed by atoms with Crippen LogP contribution in [-0.4, -0.2) is 41.9 Å². The third kappa shape index (κ3) is 4.02. The number of fused-ring (bicyclic) bond motifs is 1. The van der Waals surface area contributed by atoms with E-state index in [4.69, 9.17) is 0 Å². The molecule has 0 bridgehead atoms. The Morgan fingerprint density at radius 2 is 1.88 bits per heavy atom. The highest BCUT2D eigenvalue weighted by atomic mass is 31.2. The van der Waals surface area contributed by atoms with Gasteiger partial charge in [-0.25, -0.2) is 0 Å². The molecule has 4 N–H and O–H groups in total. The predicted molar refractivity (Wildman–Crippen MR) is 89.4 cm³/mol. The minimum absolute atomic E-state index is 0.0636. The average molecular weight is 372 g/mol. The Kier molecular flexibility index (Phi) is 5.23. The Morgan fingerprint density at radius 3 is 2.40 bits per heavy atom. The second-order valence-electron chi connectivity index (χ2n) is 5.48. The van der Waals surface area contributed by atoms with Crippen molar-refractivity contribution >= 4 is 24.3 Å². The van der Waals surface area contributed by atoms with Crippen LogP contribution in [0.15, 0.2) is 21.7 Å². The number of H-pyrrole nitrogens is 2. The standard InChI is InChI=1S/C13H17N4O7P/c1-3-16(7(2)25(22,23)24)6-8-4-9(17(20)21)5-10-11(8)15-13(19)12(18)14-10/h4-5,7H,3,6H2,1-2H3,(H,14,18)(H,15,19)(H2,22,23,24)/t7-/m0/s1. The molecule has 0 amide bonds. The molecule has 0 spiro atoms. The highest BCUT2D eigenvalue weighted by Gasteiger charge is 2.30. The van der Waals surface area contributed by atoms with Gasteiger partial charge in [-0.2, -0.15) is 0 Å². The van der Waals surface area contributed by atoms with E-state index in [0.29, 0.717) is 0 Å². The van der Waals surface area contributed by atoms with Gasteiger partial charge < -0.3 is 19.8 Å². The highest BCUT2D eigenvalue weighted by molar-refractivity contribution is 7.52. The Morgan fingerprint density at radius 1 is 1.28 bits per heavy atom. The van der Waals surface area contributed by atoms with Gasteiger partial charge in [0, 0.05) is 18.7 Å². The van der Waals surface area contributed by atoms with Crippen molar-refractivity contribution in [3.05, 3.63) is 48.5 Å². The Hall–Kier alpha value is -2.33. The van der Waals surface area contributed by atoms with Crippen LogP contribution in [0.3, 0.4) is 0 Å². The number of nitro groups is 1. The zero-order valence-corrected chi connectivity index (χ0v) is 14.3. The maximum Gasteiger partial charge on any atom is 0.342 e. The number of benzene rings is 1. The van der Waals surface area contributed by atoms with Crippen molar-refractivity contribution in [2.75, 3.05) is 6.54 Å². The topological polar surface area (TPSA) is 170 Å². The van der Waals surface area contributed by atoms with E-state index in [-0.39, 0.29) is 35.4 Å². The largest absolute Gasteiger partial charge is 0.342 e. The summed E-state index contributed by atoms with van der Waals surface area (Å²) in [6.45, 7) is 3.21. The van der Waals surface area contributed by atoms with Crippen molar-refractivity contribution in [3.8, 4) is 0 Å². The zero-order chi connectivity index (χ0) is 18.9. The van der Waals surface area contributed by atoms with Gasteiger partial charge in [-0.1, -0.05) is 6.92 Å². The van der Waals surface area contributed by atoms with Gasteiger partial charge in [0.25, 0.3) is 5.69 Å². The van der Waals surface area contributed by atoms with Crippen molar-refractivity contribution in [2.24, 2.45) is 0 Å². The molecule has 0 aliphatic rings. The molecular formula is C13H17N4O7P. The molecule has 1 aromatic carbocycles. The van der Waals surface area contributed by atoms with Crippen LogP contribution >= 0.6 is 7.60 Å². The first-order valence-corrected chi connectivity index (χ1v) is 8.95. The predicted octanol–water partition coefficient (Wildman–Crippen LogP) is 0.470. The van der Waals surface area contributed by atoms with Crippen molar-refractivity contribution < 1.29 is 19.3 Å². The van der Waals surface area contributed by atoms with E-state index >= 15 is 0 Å². The molecule has 0 fully saturated rings. The fourth-order valence-electron chi connectivity index (χ4n) is 2.45. The van der Waals surface area contributed by atoms with E-state index in [1.807, 2.05) is 0 Å². The fourth-order valence-corrected chi connectivity index (χ4v) is 3.12. The molecule has 11 nitrogen and oxygen atoms in total. The minimum atomic E-state index is -4.41. The molecule has 0 aliphatic heterocycles. The summed E-state index contributed by atoms with van der Waals surface area (Å²) >= 11 is 0. The molecule has 0 unspecified atom stereocenters. The molecule has 0 aliphatic carbocycles. The minimum Gasteiger partial charge on any atom is -0.323 e. The summed E-state index contributed by atoms with van der Waals surface area (Å²) < 4.78 is 11.5. The molecule has 25 heavy (non-hydrogen) atoms. The van der Waals surface area contributed by atoms with Gasteiger partial charge in [-0.3, -0.25) is 29.2 Å². The number of nitro benzene ring substituents is 1. The lowest BCUT2D eigenvalue weighted by Gasteiger charge is -2.28. The second-order valence-corrected chi connectivity index (χ2v) is 7.40. The van der Waals surface area contributed by atoms with E-state index in [2.05, 4.69) is 9.97 Å². The Labute approximate surface area is 140 Å². The summed E-state index contributed by atoms with van der Waals surface area (Å²) in [5.41, 5.74) is -1.69. The third-order valence-electron chi connectivity index (χ3n) is 3.90. The van der Waals surface area contributed by atoms with Crippen molar-refractivity contribution in [2.45, 2.75) is 26.2 Å². The summed E-state index contributed by atoms with van der Waals surface area (Å²) in [4.78, 5) is 58.2. The SMILES string of the molecule is CCN(Cc1cc([N+](=O)[O-])cc2[nH]c(=O)c(=O)[nH]c12)[C@H](C)P(=O)(O)O. The number of nitrogens with zero attached hydrogens (tertiary/aromatic N) is 2. The van der Waals surface area contributed by atoms with Crippen LogP contribution in [0.5, 0.6) is 0 Å². The molecule has 0 radical (unpaired) electrons. The fraction of sp³-hybridized carbons (Fsp3) is 0.385. The first-order chi connectivity index (χ1) is 11.5. The lowest BCUT2D eigenvalue weighted by molar-refractivity contribution is -0.384. The molecule has 1 heterocycles. The summed E-state index contributed by atoms with van der Waals surface area (Å²) in [6.07, 6.45) is 0. The smallest absolute Gasteiger partial charge is 0.323 e.